The van der Waals surface area contributed by atoms with Crippen molar-refractivity contribution in [1.29, 1.82) is 0 Å². The zero-order valence-corrected chi connectivity index (χ0v) is 12.2. The topological polar surface area (TPSA) is 101 Å². The van der Waals surface area contributed by atoms with Gasteiger partial charge in [-0.15, -0.1) is 0 Å². The Morgan fingerprint density at radius 2 is 2.21 bits per heavy atom. The highest BCUT2D eigenvalue weighted by Crippen LogP contribution is 2.22. The van der Waals surface area contributed by atoms with E-state index in [-0.39, 0.29) is 30.7 Å². The predicted molar refractivity (Wildman–Crippen MR) is 73.4 cm³/mol. The molecule has 0 aromatic rings. The number of hydrogen-bond acceptors (Lipinski definition) is 5. The Morgan fingerprint density at radius 3 is 2.79 bits per heavy atom. The third kappa shape index (κ3) is 5.46. The van der Waals surface area contributed by atoms with Gasteiger partial charge in [0, 0.05) is 25.4 Å². The van der Waals surface area contributed by atoms with Gasteiger partial charge in [0.1, 0.15) is 9.84 Å². The van der Waals surface area contributed by atoms with Crippen molar-refractivity contribution in [1.82, 2.24) is 4.90 Å². The third-order valence-corrected chi connectivity index (χ3v) is 4.45. The fraction of sp³-hybridized carbons (Fsp3) is 0.917. The van der Waals surface area contributed by atoms with Crippen LogP contribution in [0.5, 0.6) is 0 Å². The fourth-order valence-electron chi connectivity index (χ4n) is 2.43. The molecule has 1 aliphatic heterocycles. The van der Waals surface area contributed by atoms with E-state index in [0.29, 0.717) is 13.0 Å². The van der Waals surface area contributed by atoms with Crippen molar-refractivity contribution in [3.8, 4) is 0 Å². The Kier molecular flexibility index (Phi) is 6.22. The second kappa shape index (κ2) is 7.21. The number of carbonyl (C=O) groups is 1. The molecular weight excluding hydrogens is 268 g/mol. The molecule has 1 heterocycles. The van der Waals surface area contributed by atoms with Crippen LogP contribution >= 0.6 is 0 Å². The molecular formula is C12H24N2O4S. The zero-order chi connectivity index (χ0) is 14.5. The number of aliphatic hydroxyl groups is 1. The summed E-state index contributed by atoms with van der Waals surface area (Å²) < 4.78 is 22.2. The molecule has 0 aromatic carbocycles. The second-order valence-electron chi connectivity index (χ2n) is 5.22. The Balaban J connectivity index is 2.50. The van der Waals surface area contributed by atoms with Gasteiger partial charge in [0.05, 0.1) is 11.8 Å². The lowest BCUT2D eigenvalue weighted by Gasteiger charge is -2.27. The van der Waals surface area contributed by atoms with E-state index in [1.807, 2.05) is 0 Å². The summed E-state index contributed by atoms with van der Waals surface area (Å²) in [5, 5.41) is 8.84. The summed E-state index contributed by atoms with van der Waals surface area (Å²) in [5.74, 6) is -0.223. The van der Waals surface area contributed by atoms with Crippen LogP contribution in [0.15, 0.2) is 0 Å². The number of sulfone groups is 1. The molecule has 2 atom stereocenters. The van der Waals surface area contributed by atoms with Crippen molar-refractivity contribution in [2.24, 2.45) is 5.73 Å². The molecule has 0 spiro atoms. The molecule has 7 heteroatoms. The lowest BCUT2D eigenvalue weighted by Crippen LogP contribution is -2.46. The van der Waals surface area contributed by atoms with Gasteiger partial charge in [-0.05, 0) is 32.1 Å². The summed E-state index contributed by atoms with van der Waals surface area (Å²) in [7, 11) is -3.09. The van der Waals surface area contributed by atoms with Crippen LogP contribution in [-0.4, -0.2) is 61.6 Å². The van der Waals surface area contributed by atoms with Crippen molar-refractivity contribution in [3.63, 3.8) is 0 Å². The number of aliphatic hydroxyl groups excluding tert-OH is 1. The number of rotatable bonds is 7. The molecule has 0 aliphatic carbocycles. The maximum Gasteiger partial charge on any atom is 0.239 e. The van der Waals surface area contributed by atoms with Crippen molar-refractivity contribution in [3.05, 3.63) is 0 Å². The number of nitrogens with zero attached hydrogens (tertiary/aromatic N) is 1. The quantitative estimate of drug-likeness (QED) is 0.659. The van der Waals surface area contributed by atoms with Crippen molar-refractivity contribution >= 4 is 15.7 Å². The molecule has 1 saturated heterocycles. The van der Waals surface area contributed by atoms with Gasteiger partial charge in [-0.3, -0.25) is 4.79 Å². The number of likely N-dealkylation sites (tertiary alicyclic amines) is 1. The first-order valence-corrected chi connectivity index (χ1v) is 8.76. The molecule has 3 N–H and O–H groups in total. The van der Waals surface area contributed by atoms with Crippen molar-refractivity contribution in [2.45, 2.75) is 44.2 Å². The van der Waals surface area contributed by atoms with E-state index in [2.05, 4.69) is 0 Å². The highest BCUT2D eigenvalue weighted by molar-refractivity contribution is 7.90. The summed E-state index contributed by atoms with van der Waals surface area (Å²) >= 11 is 0. The molecule has 1 amide bonds. The lowest BCUT2D eigenvalue weighted by molar-refractivity contribution is -0.133. The van der Waals surface area contributed by atoms with E-state index < -0.39 is 15.9 Å². The maximum atomic E-state index is 12.2. The van der Waals surface area contributed by atoms with Gasteiger partial charge >= 0.3 is 0 Å². The van der Waals surface area contributed by atoms with Gasteiger partial charge in [0.15, 0.2) is 0 Å². The van der Waals surface area contributed by atoms with Gasteiger partial charge in [0.25, 0.3) is 0 Å². The first-order valence-electron chi connectivity index (χ1n) is 6.70. The van der Waals surface area contributed by atoms with E-state index in [0.717, 1.165) is 25.5 Å². The van der Waals surface area contributed by atoms with E-state index in [1.165, 1.54) is 0 Å². The summed E-state index contributed by atoms with van der Waals surface area (Å²) in [6.45, 7) is 0.806. The zero-order valence-electron chi connectivity index (χ0n) is 11.4. The minimum absolute atomic E-state index is 0.0605. The van der Waals surface area contributed by atoms with E-state index in [4.69, 9.17) is 10.8 Å². The van der Waals surface area contributed by atoms with Crippen LogP contribution < -0.4 is 5.73 Å². The molecule has 1 rings (SSSR count). The highest BCUT2D eigenvalue weighted by atomic mass is 32.2. The van der Waals surface area contributed by atoms with Crippen LogP contribution in [0.2, 0.25) is 0 Å². The Hall–Kier alpha value is -0.660. The van der Waals surface area contributed by atoms with E-state index in [1.54, 1.807) is 4.90 Å². The first kappa shape index (κ1) is 16.4. The van der Waals surface area contributed by atoms with Gasteiger partial charge < -0.3 is 15.7 Å². The minimum atomic E-state index is -3.09. The number of nitrogens with two attached hydrogens (primary N) is 1. The summed E-state index contributed by atoms with van der Waals surface area (Å²) in [4.78, 5) is 13.9. The van der Waals surface area contributed by atoms with Crippen molar-refractivity contribution in [2.75, 3.05) is 25.2 Å². The van der Waals surface area contributed by atoms with E-state index >= 15 is 0 Å². The fourth-order valence-corrected chi connectivity index (χ4v) is 3.11. The highest BCUT2D eigenvalue weighted by Gasteiger charge is 2.31. The smallest absolute Gasteiger partial charge is 0.239 e. The minimum Gasteiger partial charge on any atom is -0.396 e. The monoisotopic (exact) mass is 292 g/mol. The van der Waals surface area contributed by atoms with Crippen LogP contribution in [0.4, 0.5) is 0 Å². The van der Waals surface area contributed by atoms with Crippen LogP contribution in [0.1, 0.15) is 32.1 Å². The predicted octanol–water partition coefficient (Wildman–Crippen LogP) is -0.488. The van der Waals surface area contributed by atoms with Crippen LogP contribution in [-0.2, 0) is 14.6 Å². The molecule has 2 unspecified atom stereocenters. The van der Waals surface area contributed by atoms with E-state index in [9.17, 15) is 13.2 Å². The molecule has 19 heavy (non-hydrogen) atoms. The summed E-state index contributed by atoms with van der Waals surface area (Å²) in [6.07, 6.45) is 4.64. The standard InChI is InChI=1S/C12H24N2O4S/c1-19(17,18)9-6-11(13)12(16)14-7-2-4-10(14)5-3-8-15/h10-11,15H,2-9,13H2,1H3. The Bertz CT molecular complexity index is 397. The average molecular weight is 292 g/mol. The largest absolute Gasteiger partial charge is 0.396 e. The molecule has 0 bridgehead atoms. The molecule has 0 saturated carbocycles. The summed E-state index contributed by atoms with van der Waals surface area (Å²) in [6, 6.07) is -0.603. The molecule has 1 fully saturated rings. The molecule has 6 nitrogen and oxygen atoms in total. The average Bonchev–Trinajstić information content (AvgIpc) is 2.79. The normalized spacial score (nSPS) is 21.6. The lowest BCUT2D eigenvalue weighted by atomic mass is 10.1. The maximum absolute atomic E-state index is 12.2. The first-order chi connectivity index (χ1) is 8.85. The Morgan fingerprint density at radius 1 is 1.53 bits per heavy atom. The SMILES string of the molecule is CS(=O)(=O)CCC(N)C(=O)N1CCCC1CCCO. The molecule has 1 aliphatic rings. The third-order valence-electron chi connectivity index (χ3n) is 3.47. The Labute approximate surface area is 114 Å². The molecule has 0 aromatic heterocycles. The van der Waals surface area contributed by atoms with Gasteiger partial charge in [-0.2, -0.15) is 0 Å². The summed E-state index contributed by atoms with van der Waals surface area (Å²) in [5.41, 5.74) is 5.79. The van der Waals surface area contributed by atoms with Gasteiger partial charge in [-0.25, -0.2) is 8.42 Å². The molecule has 112 valence electrons. The number of carbonyl (C=O) groups excluding carboxylic acids is 1. The number of amides is 1. The van der Waals surface area contributed by atoms with Crippen LogP contribution in [0.25, 0.3) is 0 Å². The molecule has 0 radical (unpaired) electrons. The van der Waals surface area contributed by atoms with Gasteiger partial charge in [-0.1, -0.05) is 0 Å². The second-order valence-corrected chi connectivity index (χ2v) is 7.48. The van der Waals surface area contributed by atoms with Gasteiger partial charge in [0.2, 0.25) is 5.91 Å². The van der Waals surface area contributed by atoms with Crippen LogP contribution in [0.3, 0.4) is 0 Å². The van der Waals surface area contributed by atoms with Crippen molar-refractivity contribution < 1.29 is 18.3 Å². The van der Waals surface area contributed by atoms with Crippen LogP contribution in [0, 0.1) is 0 Å². The number of hydrogen-bond donors (Lipinski definition) is 2.